The molecular formula is C15H21NO4. The van der Waals surface area contributed by atoms with E-state index in [0.717, 1.165) is 28.9 Å². The molecule has 0 heterocycles. The van der Waals surface area contributed by atoms with Gasteiger partial charge in [-0.25, -0.2) is 0 Å². The van der Waals surface area contributed by atoms with Gasteiger partial charge >= 0.3 is 0 Å². The summed E-state index contributed by atoms with van der Waals surface area (Å²) in [5.41, 5.74) is 2.67. The second-order valence-electron chi connectivity index (χ2n) is 5.11. The number of hydrogen-bond acceptors (Lipinski definition) is 4. The van der Waals surface area contributed by atoms with E-state index in [-0.39, 0.29) is 11.9 Å². The molecule has 0 spiro atoms. The van der Waals surface area contributed by atoms with Crippen molar-refractivity contribution in [2.75, 3.05) is 14.2 Å². The minimum Gasteiger partial charge on any atom is -0.496 e. The van der Waals surface area contributed by atoms with Crippen molar-refractivity contribution in [3.05, 3.63) is 22.8 Å². The number of methoxy groups -OCH3 is 2. The first-order chi connectivity index (χ1) is 9.49. The van der Waals surface area contributed by atoms with Gasteiger partial charge in [0.1, 0.15) is 17.6 Å². The summed E-state index contributed by atoms with van der Waals surface area (Å²) in [7, 11) is 3.21. The number of carbonyl (C=O) groups excluding carboxylic acids is 1. The highest BCUT2D eigenvalue weighted by Gasteiger charge is 2.33. The first kappa shape index (κ1) is 14.7. The monoisotopic (exact) mass is 279 g/mol. The fourth-order valence-electron chi connectivity index (χ4n) is 2.95. The van der Waals surface area contributed by atoms with Gasteiger partial charge in [0.15, 0.2) is 0 Å². The third-order valence-electron chi connectivity index (χ3n) is 3.77. The molecule has 1 aromatic carbocycles. The summed E-state index contributed by atoms with van der Waals surface area (Å²) in [4.78, 5) is 11.2. The zero-order chi connectivity index (χ0) is 14.9. The highest BCUT2D eigenvalue weighted by atomic mass is 16.5. The molecule has 0 saturated heterocycles. The van der Waals surface area contributed by atoms with Crippen LogP contribution in [0.5, 0.6) is 11.5 Å². The van der Waals surface area contributed by atoms with E-state index in [9.17, 15) is 9.90 Å². The van der Waals surface area contributed by atoms with Gasteiger partial charge in [0.05, 0.1) is 20.3 Å². The van der Waals surface area contributed by atoms with Gasteiger partial charge < -0.3 is 19.9 Å². The Kier molecular flexibility index (Phi) is 4.18. The van der Waals surface area contributed by atoms with Crippen molar-refractivity contribution in [1.29, 1.82) is 0 Å². The molecule has 1 aliphatic rings. The molecule has 110 valence electrons. The highest BCUT2D eigenvalue weighted by molar-refractivity contribution is 5.73. The van der Waals surface area contributed by atoms with Crippen molar-refractivity contribution in [2.24, 2.45) is 0 Å². The highest BCUT2D eigenvalue weighted by Crippen LogP contribution is 2.43. The van der Waals surface area contributed by atoms with E-state index in [4.69, 9.17) is 9.47 Å². The van der Waals surface area contributed by atoms with Gasteiger partial charge in [-0.3, -0.25) is 4.79 Å². The van der Waals surface area contributed by atoms with E-state index >= 15 is 0 Å². The quantitative estimate of drug-likeness (QED) is 0.880. The van der Waals surface area contributed by atoms with Gasteiger partial charge in [0.25, 0.3) is 0 Å². The molecule has 0 fully saturated rings. The molecule has 0 radical (unpaired) electrons. The Bertz CT molecular complexity index is 527. The van der Waals surface area contributed by atoms with Crippen LogP contribution in [-0.4, -0.2) is 31.3 Å². The maximum atomic E-state index is 11.2. The predicted molar refractivity (Wildman–Crippen MR) is 75.2 cm³/mol. The standard InChI is InChI=1S/C15H21NO4/c1-8-7-12(19-3)13-10(15(8)20-4)5-6-11(14(13)18)16-9(2)17/h7,11,14,18H,5-6H2,1-4H3,(H,16,17). The van der Waals surface area contributed by atoms with E-state index in [2.05, 4.69) is 5.32 Å². The molecule has 2 N–H and O–H groups in total. The Labute approximate surface area is 118 Å². The van der Waals surface area contributed by atoms with E-state index in [1.807, 2.05) is 13.0 Å². The molecule has 5 nitrogen and oxygen atoms in total. The molecule has 0 aromatic heterocycles. The van der Waals surface area contributed by atoms with Crippen molar-refractivity contribution < 1.29 is 19.4 Å². The smallest absolute Gasteiger partial charge is 0.217 e. The van der Waals surface area contributed by atoms with Gasteiger partial charge in [0, 0.05) is 18.1 Å². The van der Waals surface area contributed by atoms with Crippen LogP contribution in [0.4, 0.5) is 0 Å². The number of carbonyl (C=O) groups is 1. The van der Waals surface area contributed by atoms with Crippen LogP contribution in [0.2, 0.25) is 0 Å². The van der Waals surface area contributed by atoms with Crippen molar-refractivity contribution in [3.63, 3.8) is 0 Å². The lowest BCUT2D eigenvalue weighted by molar-refractivity contribution is -0.120. The van der Waals surface area contributed by atoms with Gasteiger partial charge in [-0.1, -0.05) is 0 Å². The number of rotatable bonds is 3. The van der Waals surface area contributed by atoms with E-state index in [1.165, 1.54) is 6.92 Å². The lowest BCUT2D eigenvalue weighted by atomic mass is 9.83. The number of nitrogens with one attached hydrogen (secondary N) is 1. The number of aliphatic hydroxyl groups excluding tert-OH is 1. The second-order valence-corrected chi connectivity index (χ2v) is 5.11. The summed E-state index contributed by atoms with van der Waals surface area (Å²) in [6, 6.07) is 1.57. The summed E-state index contributed by atoms with van der Waals surface area (Å²) in [6.07, 6.45) is 0.627. The number of benzene rings is 1. The van der Waals surface area contributed by atoms with E-state index in [1.54, 1.807) is 14.2 Å². The molecule has 20 heavy (non-hydrogen) atoms. The van der Waals surface area contributed by atoms with Crippen LogP contribution in [0, 0.1) is 6.92 Å². The molecule has 2 rings (SSSR count). The van der Waals surface area contributed by atoms with Crippen molar-refractivity contribution in [1.82, 2.24) is 5.32 Å². The molecule has 5 heteroatoms. The molecule has 1 aromatic rings. The maximum Gasteiger partial charge on any atom is 0.217 e. The van der Waals surface area contributed by atoms with Crippen LogP contribution in [0.3, 0.4) is 0 Å². The summed E-state index contributed by atoms with van der Waals surface area (Å²) in [5.74, 6) is 1.29. The average Bonchev–Trinajstić information content (AvgIpc) is 2.40. The summed E-state index contributed by atoms with van der Waals surface area (Å²) in [6.45, 7) is 3.41. The molecule has 1 aliphatic carbocycles. The largest absolute Gasteiger partial charge is 0.496 e. The third kappa shape index (κ3) is 2.45. The normalized spacial score (nSPS) is 21.1. The molecule has 0 bridgehead atoms. The summed E-state index contributed by atoms with van der Waals surface area (Å²) < 4.78 is 10.8. The number of fused-ring (bicyclic) bond motifs is 1. The van der Waals surface area contributed by atoms with Crippen LogP contribution >= 0.6 is 0 Å². The molecule has 0 saturated carbocycles. The van der Waals surface area contributed by atoms with Gasteiger partial charge in [-0.15, -0.1) is 0 Å². The van der Waals surface area contributed by atoms with Gasteiger partial charge in [-0.2, -0.15) is 0 Å². The summed E-state index contributed by atoms with van der Waals surface area (Å²) in [5, 5.41) is 13.3. The topological polar surface area (TPSA) is 67.8 Å². The minimum absolute atomic E-state index is 0.143. The lowest BCUT2D eigenvalue weighted by Crippen LogP contribution is -2.41. The Hall–Kier alpha value is -1.75. The average molecular weight is 279 g/mol. The van der Waals surface area contributed by atoms with Crippen LogP contribution < -0.4 is 14.8 Å². The number of ether oxygens (including phenoxy) is 2. The second kappa shape index (κ2) is 5.71. The van der Waals surface area contributed by atoms with Crippen LogP contribution in [0.15, 0.2) is 6.07 Å². The zero-order valence-corrected chi connectivity index (χ0v) is 12.3. The van der Waals surface area contributed by atoms with Crippen molar-refractivity contribution in [3.8, 4) is 11.5 Å². The lowest BCUT2D eigenvalue weighted by Gasteiger charge is -2.33. The first-order valence-electron chi connectivity index (χ1n) is 6.69. The molecule has 2 atom stereocenters. The Morgan fingerprint density at radius 3 is 2.65 bits per heavy atom. The fraction of sp³-hybridized carbons (Fsp3) is 0.533. The predicted octanol–water partition coefficient (Wildman–Crippen LogP) is 1.50. The molecule has 1 amide bonds. The van der Waals surface area contributed by atoms with Gasteiger partial charge in [-0.05, 0) is 31.4 Å². The Morgan fingerprint density at radius 1 is 1.40 bits per heavy atom. The maximum absolute atomic E-state index is 11.2. The Balaban J connectivity index is 2.50. The van der Waals surface area contributed by atoms with Crippen LogP contribution in [-0.2, 0) is 11.2 Å². The zero-order valence-electron chi connectivity index (χ0n) is 12.3. The van der Waals surface area contributed by atoms with E-state index < -0.39 is 6.10 Å². The molecular weight excluding hydrogens is 258 g/mol. The number of aryl methyl sites for hydroxylation is 1. The number of aliphatic hydroxyl groups is 1. The Morgan fingerprint density at radius 2 is 2.10 bits per heavy atom. The number of amides is 1. The summed E-state index contributed by atoms with van der Waals surface area (Å²) >= 11 is 0. The fourth-order valence-corrected chi connectivity index (χ4v) is 2.95. The van der Waals surface area contributed by atoms with E-state index in [0.29, 0.717) is 12.2 Å². The first-order valence-corrected chi connectivity index (χ1v) is 6.69. The third-order valence-corrected chi connectivity index (χ3v) is 3.77. The van der Waals surface area contributed by atoms with Crippen molar-refractivity contribution >= 4 is 5.91 Å². The molecule has 0 aliphatic heterocycles. The SMILES string of the molecule is COc1cc(C)c(OC)c2c1C(O)C(NC(C)=O)CC2. The number of hydrogen-bond donors (Lipinski definition) is 2. The van der Waals surface area contributed by atoms with Crippen LogP contribution in [0.25, 0.3) is 0 Å². The van der Waals surface area contributed by atoms with Crippen molar-refractivity contribution in [2.45, 2.75) is 38.8 Å². The molecule has 2 unspecified atom stereocenters. The minimum atomic E-state index is -0.785. The van der Waals surface area contributed by atoms with Gasteiger partial charge in [0.2, 0.25) is 5.91 Å². The van der Waals surface area contributed by atoms with Crippen LogP contribution in [0.1, 0.15) is 36.1 Å².